The Morgan fingerprint density at radius 2 is 1.81 bits per heavy atom. The molecule has 0 fully saturated rings. The molecule has 0 aliphatic rings. The van der Waals surface area contributed by atoms with Crippen LogP contribution in [0.4, 0.5) is 0 Å². The van der Waals surface area contributed by atoms with Gasteiger partial charge in [0.1, 0.15) is 0 Å². The zero-order valence-corrected chi connectivity index (χ0v) is 11.9. The van der Waals surface area contributed by atoms with Crippen molar-refractivity contribution in [1.29, 1.82) is 0 Å². The van der Waals surface area contributed by atoms with Crippen LogP contribution in [0.15, 0.2) is 42.5 Å². The molecule has 0 aliphatic heterocycles. The maximum Gasteiger partial charge on any atom is 0.249 e. The lowest BCUT2D eigenvalue weighted by atomic mass is 9.97. The van der Waals surface area contributed by atoms with Crippen molar-refractivity contribution in [1.82, 2.24) is 10.2 Å². The molecule has 21 heavy (non-hydrogen) atoms. The highest BCUT2D eigenvalue weighted by molar-refractivity contribution is 6.01. The monoisotopic (exact) mass is 277 g/mol. The molecule has 1 heterocycles. The second-order valence-corrected chi connectivity index (χ2v) is 5.05. The van der Waals surface area contributed by atoms with Gasteiger partial charge in [0.2, 0.25) is 5.91 Å². The second kappa shape index (κ2) is 4.98. The summed E-state index contributed by atoms with van der Waals surface area (Å²) in [5, 5.41) is 9.36. The molecule has 0 saturated heterocycles. The average Bonchev–Trinajstić information content (AvgIpc) is 2.51. The maximum absolute atomic E-state index is 11.6. The van der Waals surface area contributed by atoms with E-state index in [4.69, 9.17) is 5.73 Å². The largest absolute Gasteiger partial charge is 0.366 e. The molecule has 0 bridgehead atoms. The third kappa shape index (κ3) is 2.25. The lowest BCUT2D eigenvalue weighted by molar-refractivity contribution is 0.100. The highest BCUT2D eigenvalue weighted by Gasteiger charge is 2.11. The molecule has 4 heteroatoms. The van der Waals surface area contributed by atoms with Crippen LogP contribution in [0.1, 0.15) is 21.6 Å². The maximum atomic E-state index is 11.6. The smallest absolute Gasteiger partial charge is 0.249 e. The van der Waals surface area contributed by atoms with Crippen LogP contribution in [-0.4, -0.2) is 16.1 Å². The first-order chi connectivity index (χ1) is 10.1. The fourth-order valence-corrected chi connectivity index (χ4v) is 2.44. The van der Waals surface area contributed by atoms with Crippen LogP contribution >= 0.6 is 0 Å². The number of carbonyl (C=O) groups is 1. The molecule has 0 spiro atoms. The molecule has 0 saturated carbocycles. The predicted octanol–water partition coefficient (Wildman–Crippen LogP) is 3.01. The summed E-state index contributed by atoms with van der Waals surface area (Å²) in [4.78, 5) is 11.6. The summed E-state index contributed by atoms with van der Waals surface area (Å²) in [6, 6.07) is 13.2. The Kier molecular flexibility index (Phi) is 3.14. The van der Waals surface area contributed by atoms with Gasteiger partial charge in [0.05, 0.1) is 11.2 Å². The minimum absolute atomic E-state index is 0.425. The number of carbonyl (C=O) groups excluding carboxylic acids is 1. The van der Waals surface area contributed by atoms with Crippen LogP contribution in [0.5, 0.6) is 0 Å². The van der Waals surface area contributed by atoms with Gasteiger partial charge in [0.15, 0.2) is 0 Å². The number of rotatable bonds is 2. The fraction of sp³-hybridized carbons (Fsp3) is 0.118. The first-order valence-electron chi connectivity index (χ1n) is 6.71. The molecule has 4 nitrogen and oxygen atoms in total. The average molecular weight is 277 g/mol. The molecule has 0 aliphatic carbocycles. The number of fused-ring (bicyclic) bond motifs is 1. The van der Waals surface area contributed by atoms with Crippen molar-refractivity contribution in [3.63, 3.8) is 0 Å². The number of nitrogens with two attached hydrogens (primary N) is 1. The number of amides is 1. The van der Waals surface area contributed by atoms with Crippen molar-refractivity contribution in [3.05, 3.63) is 59.3 Å². The van der Waals surface area contributed by atoms with Gasteiger partial charge in [-0.05, 0) is 48.7 Å². The Morgan fingerprint density at radius 1 is 1.05 bits per heavy atom. The molecule has 0 atom stereocenters. The number of benzene rings is 2. The number of aryl methyl sites for hydroxylation is 2. The summed E-state index contributed by atoms with van der Waals surface area (Å²) in [7, 11) is 0. The van der Waals surface area contributed by atoms with Gasteiger partial charge in [0, 0.05) is 10.9 Å². The zero-order chi connectivity index (χ0) is 15.0. The first kappa shape index (κ1) is 13.2. The van der Waals surface area contributed by atoms with Crippen molar-refractivity contribution < 1.29 is 4.79 Å². The Hall–Kier alpha value is -2.75. The number of hydrogen-bond acceptors (Lipinski definition) is 3. The second-order valence-electron chi connectivity index (χ2n) is 5.05. The third-order valence-electron chi connectivity index (χ3n) is 3.75. The van der Waals surface area contributed by atoms with E-state index in [1.165, 1.54) is 0 Å². The van der Waals surface area contributed by atoms with E-state index in [-0.39, 0.29) is 0 Å². The molecule has 104 valence electrons. The van der Waals surface area contributed by atoms with E-state index in [0.717, 1.165) is 33.3 Å². The zero-order valence-electron chi connectivity index (χ0n) is 11.9. The summed E-state index contributed by atoms with van der Waals surface area (Å²) < 4.78 is 0. The molecule has 1 amide bonds. The number of primary amides is 1. The van der Waals surface area contributed by atoms with Crippen molar-refractivity contribution in [2.75, 3.05) is 0 Å². The van der Waals surface area contributed by atoms with Crippen LogP contribution in [-0.2, 0) is 0 Å². The normalized spacial score (nSPS) is 10.8. The summed E-state index contributed by atoms with van der Waals surface area (Å²) in [5.74, 6) is -0.425. The van der Waals surface area contributed by atoms with Gasteiger partial charge in [-0.2, -0.15) is 10.2 Å². The fourth-order valence-electron chi connectivity index (χ4n) is 2.44. The van der Waals surface area contributed by atoms with Crippen LogP contribution in [0, 0.1) is 13.8 Å². The highest BCUT2D eigenvalue weighted by atomic mass is 16.1. The van der Waals surface area contributed by atoms with Gasteiger partial charge in [-0.25, -0.2) is 0 Å². The SMILES string of the molecule is Cc1nnc2ccc(-c3ccccc3C(N)=O)cc2c1C. The summed E-state index contributed by atoms with van der Waals surface area (Å²) in [5.41, 5.74) is 10.6. The van der Waals surface area contributed by atoms with Gasteiger partial charge in [-0.3, -0.25) is 4.79 Å². The highest BCUT2D eigenvalue weighted by Crippen LogP contribution is 2.28. The topological polar surface area (TPSA) is 68.9 Å². The Bertz CT molecular complexity index is 856. The Balaban J connectivity index is 2.27. The standard InChI is InChI=1S/C17H15N3O/c1-10-11(2)19-20-16-8-7-12(9-15(10)16)13-5-3-4-6-14(13)17(18)21/h3-9H,1-2H3,(H2,18,21). The van der Waals surface area contributed by atoms with E-state index in [1.807, 2.05) is 50.2 Å². The molecular formula is C17H15N3O. The number of nitrogens with zero attached hydrogens (tertiary/aromatic N) is 2. The molecule has 0 radical (unpaired) electrons. The van der Waals surface area contributed by atoms with Gasteiger partial charge in [-0.15, -0.1) is 0 Å². The summed E-state index contributed by atoms with van der Waals surface area (Å²) in [6.07, 6.45) is 0. The molecule has 2 aromatic carbocycles. The minimum Gasteiger partial charge on any atom is -0.366 e. The van der Waals surface area contributed by atoms with Gasteiger partial charge in [-0.1, -0.05) is 24.3 Å². The Morgan fingerprint density at radius 3 is 2.57 bits per heavy atom. The van der Waals surface area contributed by atoms with Crippen LogP contribution < -0.4 is 5.73 Å². The quantitative estimate of drug-likeness (QED) is 0.782. The number of hydrogen-bond donors (Lipinski definition) is 1. The first-order valence-corrected chi connectivity index (χ1v) is 6.71. The molecule has 3 aromatic rings. The van der Waals surface area contributed by atoms with Crippen LogP contribution in [0.25, 0.3) is 22.0 Å². The van der Waals surface area contributed by atoms with Crippen LogP contribution in [0.2, 0.25) is 0 Å². The molecule has 1 aromatic heterocycles. The van der Waals surface area contributed by atoms with Crippen molar-refractivity contribution in [2.45, 2.75) is 13.8 Å². The lowest BCUT2D eigenvalue weighted by Crippen LogP contribution is -2.12. The van der Waals surface area contributed by atoms with Gasteiger partial charge >= 0.3 is 0 Å². The van der Waals surface area contributed by atoms with Crippen molar-refractivity contribution >= 4 is 16.8 Å². The van der Waals surface area contributed by atoms with E-state index >= 15 is 0 Å². The van der Waals surface area contributed by atoms with Gasteiger partial charge in [0.25, 0.3) is 0 Å². The van der Waals surface area contributed by atoms with E-state index in [1.54, 1.807) is 6.07 Å². The Labute approximate surface area is 122 Å². The van der Waals surface area contributed by atoms with Crippen LogP contribution in [0.3, 0.4) is 0 Å². The minimum atomic E-state index is -0.425. The van der Waals surface area contributed by atoms with Crippen molar-refractivity contribution in [2.24, 2.45) is 5.73 Å². The van der Waals surface area contributed by atoms with Crippen molar-refractivity contribution in [3.8, 4) is 11.1 Å². The molecule has 3 rings (SSSR count). The van der Waals surface area contributed by atoms with E-state index in [9.17, 15) is 4.79 Å². The summed E-state index contributed by atoms with van der Waals surface area (Å²) in [6.45, 7) is 3.96. The van der Waals surface area contributed by atoms with Gasteiger partial charge < -0.3 is 5.73 Å². The lowest BCUT2D eigenvalue weighted by Gasteiger charge is -2.09. The number of aromatic nitrogens is 2. The van der Waals surface area contributed by atoms with E-state index in [0.29, 0.717) is 5.56 Å². The third-order valence-corrected chi connectivity index (χ3v) is 3.75. The molecular weight excluding hydrogens is 262 g/mol. The molecule has 0 unspecified atom stereocenters. The predicted molar refractivity (Wildman–Crippen MR) is 83.0 cm³/mol. The summed E-state index contributed by atoms with van der Waals surface area (Å²) >= 11 is 0. The molecule has 2 N–H and O–H groups in total. The van der Waals surface area contributed by atoms with E-state index < -0.39 is 5.91 Å². The van der Waals surface area contributed by atoms with E-state index in [2.05, 4.69) is 10.2 Å².